The van der Waals surface area contributed by atoms with Gasteiger partial charge in [0.1, 0.15) is 0 Å². The molecule has 84 valence electrons. The lowest BCUT2D eigenvalue weighted by atomic mass is 10.0. The summed E-state index contributed by atoms with van der Waals surface area (Å²) in [6, 6.07) is 12.4. The van der Waals surface area contributed by atoms with E-state index in [9.17, 15) is 4.79 Å². The van der Waals surface area contributed by atoms with Crippen molar-refractivity contribution in [3.8, 4) is 0 Å². The van der Waals surface area contributed by atoms with Crippen molar-refractivity contribution in [1.82, 2.24) is 0 Å². The molecule has 0 fully saturated rings. The van der Waals surface area contributed by atoms with E-state index in [1.54, 1.807) is 18.3 Å². The Balaban J connectivity index is 2.50. The van der Waals surface area contributed by atoms with Gasteiger partial charge >= 0.3 is 0 Å². The zero-order chi connectivity index (χ0) is 12.0. The van der Waals surface area contributed by atoms with Crippen LogP contribution in [-0.4, -0.2) is 5.78 Å². The van der Waals surface area contributed by atoms with E-state index in [1.165, 1.54) is 25.7 Å². The highest BCUT2D eigenvalue weighted by atomic mass is 32.1. The molecule has 0 bridgehead atoms. The second kappa shape index (κ2) is 3.67. The van der Waals surface area contributed by atoms with Crippen LogP contribution in [0.2, 0.25) is 0 Å². The first kappa shape index (κ1) is 10.5. The second-order valence-electron chi connectivity index (χ2n) is 4.32. The highest BCUT2D eigenvalue weighted by molar-refractivity contribution is 7.26. The monoisotopic (exact) mass is 240 g/mol. The number of aryl methyl sites for hydroxylation is 1. The first-order chi connectivity index (χ1) is 8.16. The molecular formula is C15H12OS. The summed E-state index contributed by atoms with van der Waals surface area (Å²) in [4.78, 5) is 11.5. The standard InChI is InChI=1S/C15H12OS/c1-9-7-11(10(2)16)8-13-12-5-3-4-6-14(12)17-15(9)13/h3-8H,1-2H3. The smallest absolute Gasteiger partial charge is 0.159 e. The zero-order valence-electron chi connectivity index (χ0n) is 9.78. The molecule has 17 heavy (non-hydrogen) atoms. The molecule has 0 unspecified atom stereocenters. The van der Waals surface area contributed by atoms with Gasteiger partial charge in [0.15, 0.2) is 5.78 Å². The first-order valence-corrected chi connectivity index (χ1v) is 6.41. The summed E-state index contributed by atoms with van der Waals surface area (Å²) in [5, 5.41) is 2.45. The van der Waals surface area contributed by atoms with E-state index in [2.05, 4.69) is 25.1 Å². The Hall–Kier alpha value is -1.67. The van der Waals surface area contributed by atoms with Crippen molar-refractivity contribution in [1.29, 1.82) is 0 Å². The van der Waals surface area contributed by atoms with E-state index < -0.39 is 0 Å². The number of rotatable bonds is 1. The number of carbonyl (C=O) groups is 1. The van der Waals surface area contributed by atoms with Crippen LogP contribution >= 0.6 is 11.3 Å². The summed E-state index contributed by atoms with van der Waals surface area (Å²) in [7, 11) is 0. The molecular weight excluding hydrogens is 228 g/mol. The molecule has 2 heteroatoms. The van der Waals surface area contributed by atoms with Crippen LogP contribution < -0.4 is 0 Å². The molecule has 0 saturated carbocycles. The number of benzene rings is 2. The normalized spacial score (nSPS) is 11.2. The summed E-state index contributed by atoms with van der Waals surface area (Å²) >= 11 is 1.80. The van der Waals surface area contributed by atoms with E-state index in [1.807, 2.05) is 18.2 Å². The van der Waals surface area contributed by atoms with Gasteiger partial charge in [0.25, 0.3) is 0 Å². The Morgan fingerprint density at radius 1 is 1.12 bits per heavy atom. The lowest BCUT2D eigenvalue weighted by Gasteiger charge is -2.00. The first-order valence-electron chi connectivity index (χ1n) is 5.59. The van der Waals surface area contributed by atoms with Gasteiger partial charge in [0.2, 0.25) is 0 Å². The summed E-state index contributed by atoms with van der Waals surface area (Å²) in [6.07, 6.45) is 0. The molecule has 1 aromatic heterocycles. The van der Waals surface area contributed by atoms with E-state index in [4.69, 9.17) is 0 Å². The van der Waals surface area contributed by atoms with Gasteiger partial charge < -0.3 is 0 Å². The maximum absolute atomic E-state index is 11.5. The fraction of sp³-hybridized carbons (Fsp3) is 0.133. The lowest BCUT2D eigenvalue weighted by molar-refractivity contribution is 0.101. The summed E-state index contributed by atoms with van der Waals surface area (Å²) in [6.45, 7) is 3.69. The number of thiophene rings is 1. The molecule has 1 heterocycles. The molecule has 0 aliphatic heterocycles. The molecule has 0 radical (unpaired) electrons. The number of Topliss-reactive ketones (excluding diaryl/α,β-unsaturated/α-hetero) is 1. The Morgan fingerprint density at radius 2 is 1.88 bits per heavy atom. The molecule has 0 N–H and O–H groups in total. The third-order valence-corrected chi connectivity index (χ3v) is 4.39. The minimum Gasteiger partial charge on any atom is -0.295 e. The highest BCUT2D eigenvalue weighted by Crippen LogP contribution is 2.36. The maximum Gasteiger partial charge on any atom is 0.159 e. The van der Waals surface area contributed by atoms with Gasteiger partial charge in [-0.05, 0) is 37.6 Å². The van der Waals surface area contributed by atoms with Crippen molar-refractivity contribution in [2.24, 2.45) is 0 Å². The lowest BCUT2D eigenvalue weighted by Crippen LogP contribution is -1.92. The Kier molecular flexibility index (Phi) is 2.26. The molecule has 0 amide bonds. The van der Waals surface area contributed by atoms with Crippen LogP contribution in [0.3, 0.4) is 0 Å². The number of carbonyl (C=O) groups excluding carboxylic acids is 1. The molecule has 0 aliphatic rings. The third kappa shape index (κ3) is 1.56. The predicted molar refractivity (Wildman–Crippen MR) is 74.1 cm³/mol. The van der Waals surface area contributed by atoms with Crippen LogP contribution in [0.1, 0.15) is 22.8 Å². The van der Waals surface area contributed by atoms with Crippen molar-refractivity contribution < 1.29 is 4.79 Å². The quantitative estimate of drug-likeness (QED) is 0.570. The number of fused-ring (bicyclic) bond motifs is 3. The molecule has 3 rings (SSSR count). The van der Waals surface area contributed by atoms with Crippen LogP contribution in [0.5, 0.6) is 0 Å². The average molecular weight is 240 g/mol. The van der Waals surface area contributed by atoms with Gasteiger partial charge in [-0.2, -0.15) is 0 Å². The van der Waals surface area contributed by atoms with E-state index in [-0.39, 0.29) is 5.78 Å². The van der Waals surface area contributed by atoms with Crippen LogP contribution in [-0.2, 0) is 0 Å². The Labute approximate surface area is 104 Å². The van der Waals surface area contributed by atoms with Crippen LogP contribution in [0.25, 0.3) is 20.2 Å². The fourth-order valence-corrected chi connectivity index (χ4v) is 3.35. The molecule has 0 spiro atoms. The summed E-state index contributed by atoms with van der Waals surface area (Å²) in [5.74, 6) is 0.130. The predicted octanol–water partition coefficient (Wildman–Crippen LogP) is 4.57. The van der Waals surface area contributed by atoms with Gasteiger partial charge in [-0.1, -0.05) is 18.2 Å². The molecule has 2 aromatic carbocycles. The van der Waals surface area contributed by atoms with E-state index in [0.29, 0.717) is 0 Å². The minimum absolute atomic E-state index is 0.130. The summed E-state index contributed by atoms with van der Waals surface area (Å²) < 4.78 is 2.57. The van der Waals surface area contributed by atoms with Gasteiger partial charge in [-0.25, -0.2) is 0 Å². The number of hydrogen-bond acceptors (Lipinski definition) is 2. The van der Waals surface area contributed by atoms with E-state index in [0.717, 1.165) is 5.56 Å². The van der Waals surface area contributed by atoms with Crippen molar-refractivity contribution in [3.05, 3.63) is 47.5 Å². The molecule has 1 nitrogen and oxygen atoms in total. The van der Waals surface area contributed by atoms with Gasteiger partial charge in [0.05, 0.1) is 0 Å². The van der Waals surface area contributed by atoms with E-state index >= 15 is 0 Å². The number of hydrogen-bond donors (Lipinski definition) is 0. The molecule has 0 saturated heterocycles. The summed E-state index contributed by atoms with van der Waals surface area (Å²) in [5.41, 5.74) is 1.99. The second-order valence-corrected chi connectivity index (χ2v) is 5.38. The van der Waals surface area contributed by atoms with Crippen LogP contribution in [0.4, 0.5) is 0 Å². The Morgan fingerprint density at radius 3 is 2.65 bits per heavy atom. The largest absolute Gasteiger partial charge is 0.295 e. The topological polar surface area (TPSA) is 17.1 Å². The highest BCUT2D eigenvalue weighted by Gasteiger charge is 2.09. The minimum atomic E-state index is 0.130. The van der Waals surface area contributed by atoms with Gasteiger partial charge in [-0.3, -0.25) is 4.79 Å². The van der Waals surface area contributed by atoms with Crippen molar-refractivity contribution in [2.75, 3.05) is 0 Å². The fourth-order valence-electron chi connectivity index (χ4n) is 2.20. The van der Waals surface area contributed by atoms with Crippen LogP contribution in [0, 0.1) is 6.92 Å². The third-order valence-electron chi connectivity index (χ3n) is 3.07. The average Bonchev–Trinajstić information content (AvgIpc) is 2.68. The van der Waals surface area contributed by atoms with Crippen molar-refractivity contribution in [3.63, 3.8) is 0 Å². The molecule has 3 aromatic rings. The van der Waals surface area contributed by atoms with Crippen molar-refractivity contribution >= 4 is 37.3 Å². The SMILES string of the molecule is CC(=O)c1cc(C)c2sc3ccccc3c2c1. The van der Waals surface area contributed by atoms with Gasteiger partial charge in [0, 0.05) is 25.7 Å². The molecule has 0 aliphatic carbocycles. The molecule has 0 atom stereocenters. The van der Waals surface area contributed by atoms with Gasteiger partial charge in [-0.15, -0.1) is 11.3 Å². The Bertz CT molecular complexity index is 737. The zero-order valence-corrected chi connectivity index (χ0v) is 10.6. The maximum atomic E-state index is 11.5. The van der Waals surface area contributed by atoms with Crippen molar-refractivity contribution in [2.45, 2.75) is 13.8 Å². The number of ketones is 1. The van der Waals surface area contributed by atoms with Crippen LogP contribution in [0.15, 0.2) is 36.4 Å².